The van der Waals surface area contributed by atoms with E-state index in [1.807, 2.05) is 13.8 Å². The van der Waals surface area contributed by atoms with Crippen LogP contribution in [0.3, 0.4) is 0 Å². The Balaban J connectivity index is 2.07. The fourth-order valence-electron chi connectivity index (χ4n) is 2.62. The molecule has 6 heteroatoms. The molecule has 0 aromatic carbocycles. The maximum Gasteiger partial charge on any atom is 0.249 e. The lowest BCUT2D eigenvalue weighted by Gasteiger charge is -2.22. The molecule has 2 N–H and O–H groups in total. The fourth-order valence-corrected chi connectivity index (χ4v) is 3.43. The van der Waals surface area contributed by atoms with E-state index in [1.165, 1.54) is 18.3 Å². The lowest BCUT2D eigenvalue weighted by atomic mass is 9.97. The maximum absolute atomic E-state index is 12.4. The van der Waals surface area contributed by atoms with Crippen LogP contribution in [0.1, 0.15) is 43.2 Å². The number of nitrogens with zero attached hydrogens (tertiary/aromatic N) is 1. The second kappa shape index (κ2) is 6.35. The minimum Gasteiger partial charge on any atom is -0.344 e. The van der Waals surface area contributed by atoms with Gasteiger partial charge in [0.1, 0.15) is 6.04 Å². The van der Waals surface area contributed by atoms with E-state index in [2.05, 4.69) is 15.6 Å². The largest absolute Gasteiger partial charge is 0.344 e. The predicted molar refractivity (Wildman–Crippen MR) is 79.8 cm³/mol. The molecule has 2 rings (SSSR count). The second-order valence-corrected chi connectivity index (χ2v) is 6.58. The minimum atomic E-state index is -0.445. The summed E-state index contributed by atoms with van der Waals surface area (Å²) in [6.07, 6.45) is 4.25. The van der Waals surface area contributed by atoms with Gasteiger partial charge in [0.15, 0.2) is 5.13 Å². The Hall–Kier alpha value is -1.43. The molecule has 1 aromatic rings. The Morgan fingerprint density at radius 3 is 2.45 bits per heavy atom. The van der Waals surface area contributed by atoms with E-state index >= 15 is 0 Å². The summed E-state index contributed by atoms with van der Waals surface area (Å²) >= 11 is 1.47. The summed E-state index contributed by atoms with van der Waals surface area (Å²) in [5.41, 5.74) is 0.933. The molecule has 5 nitrogen and oxygen atoms in total. The van der Waals surface area contributed by atoms with Crippen LogP contribution >= 0.6 is 11.3 Å². The molecule has 1 heterocycles. The van der Waals surface area contributed by atoms with Gasteiger partial charge >= 0.3 is 0 Å². The molecule has 0 saturated heterocycles. The van der Waals surface area contributed by atoms with Crippen molar-refractivity contribution >= 4 is 28.3 Å². The third-order valence-electron chi connectivity index (χ3n) is 3.77. The molecular formula is C14H21N3O2S. The molecule has 0 aliphatic heterocycles. The van der Waals surface area contributed by atoms with E-state index in [-0.39, 0.29) is 17.7 Å². The van der Waals surface area contributed by atoms with Crippen molar-refractivity contribution in [1.29, 1.82) is 0 Å². The number of carbonyl (C=O) groups is 2. The number of rotatable bonds is 4. The number of aryl methyl sites for hydroxylation is 2. The summed E-state index contributed by atoms with van der Waals surface area (Å²) < 4.78 is 0. The van der Waals surface area contributed by atoms with Gasteiger partial charge in [0, 0.05) is 11.8 Å². The van der Waals surface area contributed by atoms with Crippen LogP contribution in [0.15, 0.2) is 0 Å². The molecule has 20 heavy (non-hydrogen) atoms. The fraction of sp³-hybridized carbons (Fsp3) is 0.643. The average molecular weight is 295 g/mol. The summed E-state index contributed by atoms with van der Waals surface area (Å²) in [7, 11) is 0. The number of thiazole rings is 1. The molecule has 0 radical (unpaired) electrons. The standard InChI is InChI=1S/C14H21N3O2S/c1-8-9(2)20-14(15-8)17-13(19)12(16-10(3)18)11-6-4-5-7-11/h11-12H,4-7H2,1-3H3,(H,16,18)(H,15,17,19). The van der Waals surface area contributed by atoms with Crippen LogP contribution in [0.2, 0.25) is 0 Å². The molecular weight excluding hydrogens is 274 g/mol. The van der Waals surface area contributed by atoms with E-state index in [1.54, 1.807) is 0 Å². The third-order valence-corrected chi connectivity index (χ3v) is 4.76. The number of aromatic nitrogens is 1. The molecule has 1 aromatic heterocycles. The molecule has 1 aliphatic carbocycles. The zero-order chi connectivity index (χ0) is 14.7. The van der Waals surface area contributed by atoms with Gasteiger partial charge in [-0.2, -0.15) is 0 Å². The summed E-state index contributed by atoms with van der Waals surface area (Å²) in [5, 5.41) is 6.24. The van der Waals surface area contributed by atoms with Gasteiger partial charge in [-0.3, -0.25) is 9.59 Å². The van der Waals surface area contributed by atoms with Crippen molar-refractivity contribution in [1.82, 2.24) is 10.3 Å². The Kier molecular flexibility index (Phi) is 4.75. The van der Waals surface area contributed by atoms with Crippen molar-refractivity contribution in [2.45, 2.75) is 52.5 Å². The summed E-state index contributed by atoms with van der Waals surface area (Å²) in [6, 6.07) is -0.445. The summed E-state index contributed by atoms with van der Waals surface area (Å²) in [4.78, 5) is 29.1. The molecule has 1 aliphatic rings. The number of anilines is 1. The van der Waals surface area contributed by atoms with Crippen molar-refractivity contribution in [3.8, 4) is 0 Å². The Bertz CT molecular complexity index is 487. The zero-order valence-corrected chi connectivity index (χ0v) is 13.0. The molecule has 2 amide bonds. The van der Waals surface area contributed by atoms with Crippen molar-refractivity contribution in [2.75, 3.05) is 5.32 Å². The van der Waals surface area contributed by atoms with Gasteiger partial charge in [-0.25, -0.2) is 4.98 Å². The van der Waals surface area contributed by atoms with Gasteiger partial charge in [-0.15, -0.1) is 11.3 Å². The first-order valence-corrected chi connectivity index (χ1v) is 7.81. The minimum absolute atomic E-state index is 0.152. The van der Waals surface area contributed by atoms with E-state index < -0.39 is 6.04 Å². The van der Waals surface area contributed by atoms with Gasteiger partial charge in [-0.1, -0.05) is 12.8 Å². The van der Waals surface area contributed by atoms with Crippen LogP contribution in [0.4, 0.5) is 5.13 Å². The van der Waals surface area contributed by atoms with Crippen LogP contribution in [-0.4, -0.2) is 22.8 Å². The van der Waals surface area contributed by atoms with Gasteiger partial charge in [0.2, 0.25) is 11.8 Å². The highest BCUT2D eigenvalue weighted by atomic mass is 32.1. The van der Waals surface area contributed by atoms with Gasteiger partial charge < -0.3 is 10.6 Å². The van der Waals surface area contributed by atoms with Crippen molar-refractivity contribution < 1.29 is 9.59 Å². The maximum atomic E-state index is 12.4. The van der Waals surface area contributed by atoms with Crippen molar-refractivity contribution in [2.24, 2.45) is 5.92 Å². The number of hydrogen-bond donors (Lipinski definition) is 2. The van der Waals surface area contributed by atoms with Crippen LogP contribution in [0, 0.1) is 19.8 Å². The first-order valence-electron chi connectivity index (χ1n) is 6.99. The zero-order valence-electron chi connectivity index (χ0n) is 12.2. The van der Waals surface area contributed by atoms with E-state index in [4.69, 9.17) is 0 Å². The number of carbonyl (C=O) groups excluding carboxylic acids is 2. The normalized spacial score (nSPS) is 16.9. The molecule has 110 valence electrons. The first-order chi connectivity index (χ1) is 9.47. The van der Waals surface area contributed by atoms with E-state index in [0.717, 1.165) is 36.3 Å². The molecule has 0 spiro atoms. The van der Waals surface area contributed by atoms with Gasteiger partial charge in [-0.05, 0) is 32.6 Å². The molecule has 0 bridgehead atoms. The van der Waals surface area contributed by atoms with E-state index in [9.17, 15) is 9.59 Å². The smallest absolute Gasteiger partial charge is 0.249 e. The van der Waals surface area contributed by atoms with Gasteiger partial charge in [0.25, 0.3) is 0 Å². The Morgan fingerprint density at radius 2 is 1.95 bits per heavy atom. The van der Waals surface area contributed by atoms with Crippen molar-refractivity contribution in [3.05, 3.63) is 10.6 Å². The number of hydrogen-bond acceptors (Lipinski definition) is 4. The van der Waals surface area contributed by atoms with Crippen LogP contribution in [0.5, 0.6) is 0 Å². The highest BCUT2D eigenvalue weighted by Crippen LogP contribution is 2.29. The Labute approximate surface area is 123 Å². The monoisotopic (exact) mass is 295 g/mol. The topological polar surface area (TPSA) is 71.1 Å². The Morgan fingerprint density at radius 1 is 1.30 bits per heavy atom. The number of amides is 2. The lowest BCUT2D eigenvalue weighted by molar-refractivity contribution is -0.126. The quantitative estimate of drug-likeness (QED) is 0.896. The van der Waals surface area contributed by atoms with Gasteiger partial charge in [0.05, 0.1) is 5.69 Å². The summed E-state index contributed by atoms with van der Waals surface area (Å²) in [6.45, 7) is 5.35. The molecule has 1 unspecified atom stereocenters. The second-order valence-electron chi connectivity index (χ2n) is 5.37. The SMILES string of the molecule is CC(=O)NC(C(=O)Nc1nc(C)c(C)s1)C1CCCC1. The molecule has 1 atom stereocenters. The average Bonchev–Trinajstić information content (AvgIpc) is 2.97. The predicted octanol–water partition coefficient (Wildman–Crippen LogP) is 2.39. The highest BCUT2D eigenvalue weighted by molar-refractivity contribution is 7.15. The first kappa shape index (κ1) is 15.0. The molecule has 1 fully saturated rings. The van der Waals surface area contributed by atoms with Crippen LogP contribution in [0.25, 0.3) is 0 Å². The van der Waals surface area contributed by atoms with Crippen molar-refractivity contribution in [3.63, 3.8) is 0 Å². The van der Waals surface area contributed by atoms with Crippen LogP contribution in [-0.2, 0) is 9.59 Å². The van der Waals surface area contributed by atoms with Crippen LogP contribution < -0.4 is 10.6 Å². The summed E-state index contributed by atoms with van der Waals surface area (Å²) in [5.74, 6) is -0.0783. The number of nitrogens with one attached hydrogen (secondary N) is 2. The van der Waals surface area contributed by atoms with E-state index in [0.29, 0.717) is 5.13 Å². The lowest BCUT2D eigenvalue weighted by Crippen LogP contribution is -2.47. The highest BCUT2D eigenvalue weighted by Gasteiger charge is 2.31. The molecule has 1 saturated carbocycles. The third kappa shape index (κ3) is 3.56.